The van der Waals surface area contributed by atoms with Crippen LogP contribution in [0.3, 0.4) is 0 Å². The van der Waals surface area contributed by atoms with E-state index < -0.39 is 11.7 Å². The average Bonchev–Trinajstić information content (AvgIpc) is 2.97. The highest BCUT2D eigenvalue weighted by atomic mass is 19.4. The Morgan fingerprint density at radius 3 is 2.52 bits per heavy atom. The van der Waals surface area contributed by atoms with Gasteiger partial charge in [-0.1, -0.05) is 19.8 Å². The number of hydrogen-bond donors (Lipinski definition) is 4. The quantitative estimate of drug-likeness (QED) is 0.317. The number of aromatic nitrogens is 2. The number of nitrogens with zero attached hydrogens (tertiary/aromatic N) is 3. The summed E-state index contributed by atoms with van der Waals surface area (Å²) < 4.78 is 47.0. The number of halogens is 3. The lowest BCUT2D eigenvalue weighted by Gasteiger charge is -2.32. The number of amides is 2. The Kier molecular flexibility index (Phi) is 10.5. The fraction of sp³-hybridized carbons (Fsp3) is 0.586. The summed E-state index contributed by atoms with van der Waals surface area (Å²) in [6.07, 6.45) is 1.64. The van der Waals surface area contributed by atoms with Gasteiger partial charge in [0.1, 0.15) is 17.1 Å². The molecule has 2 aliphatic rings. The molecule has 1 saturated carbocycles. The molecular weight excluding hydrogens is 551 g/mol. The summed E-state index contributed by atoms with van der Waals surface area (Å²) in [5.74, 6) is -0.416. The molecule has 0 radical (unpaired) electrons. The molecular formula is C29H40F3N7O3. The van der Waals surface area contributed by atoms with Gasteiger partial charge in [-0.2, -0.15) is 18.2 Å². The number of benzene rings is 1. The van der Waals surface area contributed by atoms with Crippen molar-refractivity contribution in [2.24, 2.45) is 5.92 Å². The van der Waals surface area contributed by atoms with Gasteiger partial charge in [-0.05, 0) is 69.9 Å². The Morgan fingerprint density at radius 1 is 1.10 bits per heavy atom. The van der Waals surface area contributed by atoms with Crippen LogP contribution in [0, 0.1) is 5.92 Å². The molecule has 0 bridgehead atoms. The van der Waals surface area contributed by atoms with E-state index in [-0.39, 0.29) is 48.1 Å². The molecule has 230 valence electrons. The number of ether oxygens (including phenoxy) is 1. The number of piperidine rings is 1. The second kappa shape index (κ2) is 14.0. The van der Waals surface area contributed by atoms with E-state index in [1.165, 1.54) is 7.11 Å². The minimum Gasteiger partial charge on any atom is -0.495 e. The van der Waals surface area contributed by atoms with Crippen LogP contribution in [0.4, 0.5) is 30.6 Å². The third-order valence-corrected chi connectivity index (χ3v) is 7.97. The lowest BCUT2D eigenvalue weighted by molar-refractivity contribution is -0.137. The molecule has 10 nitrogen and oxygen atoms in total. The minimum absolute atomic E-state index is 0.0324. The molecule has 2 fully saturated rings. The van der Waals surface area contributed by atoms with Gasteiger partial charge in [0, 0.05) is 36.8 Å². The minimum atomic E-state index is -4.66. The third kappa shape index (κ3) is 8.24. The van der Waals surface area contributed by atoms with Crippen LogP contribution in [-0.2, 0) is 11.0 Å². The van der Waals surface area contributed by atoms with Crippen LogP contribution in [0.1, 0.15) is 67.8 Å². The molecule has 1 saturated heterocycles. The lowest BCUT2D eigenvalue weighted by Crippen LogP contribution is -2.44. The van der Waals surface area contributed by atoms with Gasteiger partial charge >= 0.3 is 6.18 Å². The predicted octanol–water partition coefficient (Wildman–Crippen LogP) is 4.57. The van der Waals surface area contributed by atoms with Crippen LogP contribution < -0.4 is 26.0 Å². The molecule has 0 spiro atoms. The molecule has 4 rings (SSSR count). The van der Waals surface area contributed by atoms with Crippen molar-refractivity contribution in [2.75, 3.05) is 44.4 Å². The van der Waals surface area contributed by atoms with Gasteiger partial charge in [-0.25, -0.2) is 4.98 Å². The van der Waals surface area contributed by atoms with Gasteiger partial charge in [0.2, 0.25) is 11.9 Å². The SMILES string of the molecule is CCC(=O)N[C@@H]1CCCCC1CNc1nc(Nc2ccc(C(=O)NC3CCN(C)CC3)cc2OC)ncc1C(F)(F)F. The molecule has 2 amide bonds. The Bertz CT molecular complexity index is 1240. The van der Waals surface area contributed by atoms with Gasteiger partial charge in [-0.3, -0.25) is 9.59 Å². The van der Waals surface area contributed by atoms with Crippen molar-refractivity contribution in [3.8, 4) is 5.75 Å². The van der Waals surface area contributed by atoms with E-state index in [9.17, 15) is 22.8 Å². The first-order valence-electron chi connectivity index (χ1n) is 14.5. The molecule has 1 aliphatic heterocycles. The molecule has 1 unspecified atom stereocenters. The van der Waals surface area contributed by atoms with Crippen LogP contribution in [0.15, 0.2) is 24.4 Å². The van der Waals surface area contributed by atoms with Crippen LogP contribution in [0.2, 0.25) is 0 Å². The normalized spacial score (nSPS) is 20.0. The third-order valence-electron chi connectivity index (χ3n) is 7.97. The summed E-state index contributed by atoms with van der Waals surface area (Å²) in [4.78, 5) is 35.1. The summed E-state index contributed by atoms with van der Waals surface area (Å²) in [7, 11) is 3.49. The average molecular weight is 592 g/mol. The Labute approximate surface area is 244 Å². The maximum atomic E-state index is 13.8. The van der Waals surface area contributed by atoms with Crippen molar-refractivity contribution in [2.45, 2.75) is 70.1 Å². The first-order valence-corrected chi connectivity index (χ1v) is 14.5. The van der Waals surface area contributed by atoms with E-state index in [0.717, 1.165) is 57.8 Å². The van der Waals surface area contributed by atoms with E-state index >= 15 is 0 Å². The highest BCUT2D eigenvalue weighted by Crippen LogP contribution is 2.35. The molecule has 4 N–H and O–H groups in total. The number of hydrogen-bond acceptors (Lipinski definition) is 8. The summed E-state index contributed by atoms with van der Waals surface area (Å²) in [5, 5.41) is 11.9. The first kappa shape index (κ1) is 31.3. The molecule has 42 heavy (non-hydrogen) atoms. The molecule has 13 heteroatoms. The van der Waals surface area contributed by atoms with Gasteiger partial charge in [0.25, 0.3) is 5.91 Å². The van der Waals surface area contributed by atoms with Crippen molar-refractivity contribution in [1.82, 2.24) is 25.5 Å². The summed E-state index contributed by atoms with van der Waals surface area (Å²) >= 11 is 0. The maximum absolute atomic E-state index is 13.8. The number of anilines is 3. The van der Waals surface area contributed by atoms with Crippen molar-refractivity contribution in [1.29, 1.82) is 0 Å². The number of likely N-dealkylation sites (tertiary alicyclic amines) is 1. The van der Waals surface area contributed by atoms with Crippen molar-refractivity contribution in [3.05, 3.63) is 35.5 Å². The zero-order valence-corrected chi connectivity index (χ0v) is 24.3. The van der Waals surface area contributed by atoms with E-state index in [2.05, 4.69) is 43.2 Å². The molecule has 2 aromatic rings. The second-order valence-corrected chi connectivity index (χ2v) is 11.0. The van der Waals surface area contributed by atoms with Gasteiger partial charge in [0.05, 0.1) is 12.8 Å². The van der Waals surface area contributed by atoms with Crippen LogP contribution in [-0.4, -0.2) is 72.6 Å². The molecule has 2 atom stereocenters. The number of alkyl halides is 3. The fourth-order valence-electron chi connectivity index (χ4n) is 5.44. The maximum Gasteiger partial charge on any atom is 0.421 e. The summed E-state index contributed by atoms with van der Waals surface area (Å²) in [5.41, 5.74) is -0.177. The van der Waals surface area contributed by atoms with E-state index in [1.807, 2.05) is 0 Å². The highest BCUT2D eigenvalue weighted by Gasteiger charge is 2.36. The molecule has 1 aliphatic carbocycles. The number of carbonyl (C=O) groups excluding carboxylic acids is 2. The molecule has 1 aromatic heterocycles. The van der Waals surface area contributed by atoms with Crippen molar-refractivity contribution >= 4 is 29.3 Å². The monoisotopic (exact) mass is 591 g/mol. The Balaban J connectivity index is 1.48. The highest BCUT2D eigenvalue weighted by molar-refractivity contribution is 5.95. The van der Waals surface area contributed by atoms with Crippen LogP contribution in [0.25, 0.3) is 0 Å². The first-order chi connectivity index (χ1) is 20.1. The van der Waals surface area contributed by atoms with Gasteiger partial charge in [0.15, 0.2) is 0 Å². The van der Waals surface area contributed by atoms with E-state index in [0.29, 0.717) is 23.4 Å². The lowest BCUT2D eigenvalue weighted by atomic mass is 9.84. The van der Waals surface area contributed by atoms with Gasteiger partial charge in [-0.15, -0.1) is 0 Å². The molecule has 2 heterocycles. The van der Waals surface area contributed by atoms with Crippen LogP contribution in [0.5, 0.6) is 5.75 Å². The van der Waals surface area contributed by atoms with Crippen LogP contribution >= 0.6 is 0 Å². The summed E-state index contributed by atoms with van der Waals surface area (Å²) in [6.45, 7) is 3.82. The second-order valence-electron chi connectivity index (χ2n) is 11.0. The number of rotatable bonds is 10. The Hall–Kier alpha value is -3.61. The zero-order valence-electron chi connectivity index (χ0n) is 24.3. The van der Waals surface area contributed by atoms with Crippen molar-refractivity contribution in [3.63, 3.8) is 0 Å². The molecule has 1 aromatic carbocycles. The van der Waals surface area contributed by atoms with E-state index in [1.54, 1.807) is 25.1 Å². The topological polar surface area (TPSA) is 121 Å². The number of methoxy groups -OCH3 is 1. The summed E-state index contributed by atoms with van der Waals surface area (Å²) in [6, 6.07) is 4.79. The smallest absolute Gasteiger partial charge is 0.421 e. The van der Waals surface area contributed by atoms with E-state index in [4.69, 9.17) is 4.74 Å². The van der Waals surface area contributed by atoms with Gasteiger partial charge < -0.3 is 30.9 Å². The fourth-order valence-corrected chi connectivity index (χ4v) is 5.44. The number of nitrogens with one attached hydrogen (secondary N) is 4. The number of carbonyl (C=O) groups is 2. The predicted molar refractivity (Wildman–Crippen MR) is 154 cm³/mol. The van der Waals surface area contributed by atoms with Crippen molar-refractivity contribution < 1.29 is 27.5 Å². The Morgan fingerprint density at radius 2 is 1.83 bits per heavy atom. The standard InChI is InChI=1S/C29H40F3N7O3/c1-4-25(40)36-22-8-6-5-7-19(22)16-33-26-21(29(30,31)32)17-34-28(38-26)37-23-10-9-18(15-24(23)42-3)27(41)35-20-11-13-39(2)14-12-20/h9-10,15,17,19-20,22H,4-8,11-14,16H2,1-3H3,(H,35,41)(H,36,40)(H2,33,34,37,38)/t19?,22-/m1/s1. The largest absolute Gasteiger partial charge is 0.495 e. The zero-order chi connectivity index (χ0) is 30.3.